The molecule has 4 aromatic rings. The van der Waals surface area contributed by atoms with Crippen LogP contribution >= 0.6 is 0 Å². The molecule has 0 aliphatic carbocycles. The molecule has 168 valence electrons. The van der Waals surface area contributed by atoms with Gasteiger partial charge in [0.2, 0.25) is 0 Å². The Bertz CT molecular complexity index is 1280. The molecule has 0 amide bonds. The first-order valence-corrected chi connectivity index (χ1v) is 10.7. The summed E-state index contributed by atoms with van der Waals surface area (Å²) in [6, 6.07) is 18.9. The molecule has 0 atom stereocenters. The molecule has 0 radical (unpaired) electrons. The SMILES string of the molecule is O=C(O)c1c(-c2ccc(F)cc2)oc2cc(N3CCOCC3)c(OCc3ccccc3)cc12. The van der Waals surface area contributed by atoms with Gasteiger partial charge in [0, 0.05) is 30.1 Å². The monoisotopic (exact) mass is 447 g/mol. The van der Waals surface area contributed by atoms with E-state index in [1.54, 1.807) is 6.07 Å². The fourth-order valence-corrected chi connectivity index (χ4v) is 4.03. The Morgan fingerprint density at radius 1 is 1.03 bits per heavy atom. The third-order valence-corrected chi connectivity index (χ3v) is 5.68. The van der Waals surface area contributed by atoms with Gasteiger partial charge in [0.25, 0.3) is 0 Å². The normalized spacial score (nSPS) is 13.9. The van der Waals surface area contributed by atoms with Gasteiger partial charge < -0.3 is 23.9 Å². The molecule has 6 nitrogen and oxygen atoms in total. The molecule has 33 heavy (non-hydrogen) atoms. The van der Waals surface area contributed by atoms with E-state index >= 15 is 0 Å². The van der Waals surface area contributed by atoms with Crippen molar-refractivity contribution < 1.29 is 28.2 Å². The number of carboxylic acids is 1. The Morgan fingerprint density at radius 2 is 1.76 bits per heavy atom. The van der Waals surface area contributed by atoms with Gasteiger partial charge in [0.05, 0.1) is 18.9 Å². The van der Waals surface area contributed by atoms with E-state index in [2.05, 4.69) is 4.90 Å². The van der Waals surface area contributed by atoms with Crippen molar-refractivity contribution in [3.05, 3.63) is 83.7 Å². The van der Waals surface area contributed by atoms with Crippen molar-refractivity contribution in [1.82, 2.24) is 0 Å². The lowest BCUT2D eigenvalue weighted by Gasteiger charge is -2.30. The number of carboxylic acid groups (broad SMARTS) is 1. The van der Waals surface area contributed by atoms with Crippen LogP contribution in [0.5, 0.6) is 5.75 Å². The highest BCUT2D eigenvalue weighted by Gasteiger charge is 2.25. The van der Waals surface area contributed by atoms with E-state index in [0.717, 1.165) is 11.3 Å². The van der Waals surface area contributed by atoms with E-state index in [4.69, 9.17) is 13.9 Å². The predicted octanol–water partition coefficient (Wildman–Crippen LogP) is 5.35. The van der Waals surface area contributed by atoms with Crippen molar-refractivity contribution in [3.8, 4) is 17.1 Å². The topological polar surface area (TPSA) is 72.1 Å². The van der Waals surface area contributed by atoms with Gasteiger partial charge in [-0.1, -0.05) is 30.3 Å². The third-order valence-electron chi connectivity index (χ3n) is 5.68. The van der Waals surface area contributed by atoms with E-state index < -0.39 is 11.8 Å². The third kappa shape index (κ3) is 4.27. The second-order valence-electron chi connectivity index (χ2n) is 7.81. The van der Waals surface area contributed by atoms with Crippen LogP contribution in [0.4, 0.5) is 10.1 Å². The summed E-state index contributed by atoms with van der Waals surface area (Å²) in [7, 11) is 0. The van der Waals surface area contributed by atoms with Crippen LogP contribution in [0.2, 0.25) is 0 Å². The Kier molecular flexibility index (Phi) is 5.71. The molecule has 1 N–H and O–H groups in total. The molecule has 1 aliphatic rings. The zero-order chi connectivity index (χ0) is 22.8. The first-order valence-electron chi connectivity index (χ1n) is 10.7. The molecule has 0 bridgehead atoms. The maximum Gasteiger partial charge on any atom is 0.340 e. The predicted molar refractivity (Wildman–Crippen MR) is 122 cm³/mol. The number of fused-ring (bicyclic) bond motifs is 1. The largest absolute Gasteiger partial charge is 0.487 e. The maximum atomic E-state index is 13.4. The van der Waals surface area contributed by atoms with Crippen LogP contribution in [-0.4, -0.2) is 37.4 Å². The molecule has 0 saturated carbocycles. The first kappa shape index (κ1) is 21.0. The molecule has 7 heteroatoms. The number of anilines is 1. The van der Waals surface area contributed by atoms with Crippen LogP contribution in [0.25, 0.3) is 22.3 Å². The summed E-state index contributed by atoms with van der Waals surface area (Å²) in [6.07, 6.45) is 0. The second kappa shape index (κ2) is 8.96. The molecule has 1 aliphatic heterocycles. The van der Waals surface area contributed by atoms with Crippen LogP contribution in [0, 0.1) is 5.82 Å². The summed E-state index contributed by atoms with van der Waals surface area (Å²) in [6.45, 7) is 2.90. The fourth-order valence-electron chi connectivity index (χ4n) is 4.03. The van der Waals surface area contributed by atoms with Crippen molar-refractivity contribution in [2.24, 2.45) is 0 Å². The average Bonchev–Trinajstić information content (AvgIpc) is 3.22. The van der Waals surface area contributed by atoms with E-state index in [1.165, 1.54) is 24.3 Å². The van der Waals surface area contributed by atoms with E-state index in [1.807, 2.05) is 36.4 Å². The number of furan rings is 1. The summed E-state index contributed by atoms with van der Waals surface area (Å²) in [5, 5.41) is 10.4. The van der Waals surface area contributed by atoms with Gasteiger partial charge >= 0.3 is 5.97 Å². The van der Waals surface area contributed by atoms with Gasteiger partial charge in [0.15, 0.2) is 0 Å². The number of aromatic carboxylic acids is 1. The van der Waals surface area contributed by atoms with E-state index in [0.29, 0.717) is 55.2 Å². The number of halogens is 1. The minimum Gasteiger partial charge on any atom is -0.487 e. The molecular weight excluding hydrogens is 425 g/mol. The standard InChI is InChI=1S/C26H22FNO5/c27-19-8-6-18(7-9-19)25-24(26(29)30)20-14-23(32-16-17-4-2-1-3-5-17)21(15-22(20)33-25)28-10-12-31-13-11-28/h1-9,14-15H,10-13,16H2,(H,29,30). The quantitative estimate of drug-likeness (QED) is 0.430. The van der Waals surface area contributed by atoms with Crippen molar-refractivity contribution >= 4 is 22.6 Å². The summed E-state index contributed by atoms with van der Waals surface area (Å²) in [5.74, 6) is -0.771. The summed E-state index contributed by atoms with van der Waals surface area (Å²) >= 11 is 0. The van der Waals surface area contributed by atoms with Crippen LogP contribution in [0.3, 0.4) is 0 Å². The Balaban J connectivity index is 1.63. The van der Waals surface area contributed by atoms with E-state index in [-0.39, 0.29) is 11.3 Å². The molecule has 1 aromatic heterocycles. The zero-order valence-electron chi connectivity index (χ0n) is 17.8. The maximum absolute atomic E-state index is 13.4. The number of hydrogen-bond donors (Lipinski definition) is 1. The number of rotatable bonds is 6. The van der Waals surface area contributed by atoms with Crippen molar-refractivity contribution in [1.29, 1.82) is 0 Å². The minimum absolute atomic E-state index is 0.0229. The van der Waals surface area contributed by atoms with Crippen molar-refractivity contribution in [2.45, 2.75) is 6.61 Å². The molecule has 0 unspecified atom stereocenters. The average molecular weight is 447 g/mol. The second-order valence-corrected chi connectivity index (χ2v) is 7.81. The van der Waals surface area contributed by atoms with Crippen LogP contribution in [0.1, 0.15) is 15.9 Å². The Labute approximate surface area is 189 Å². The van der Waals surface area contributed by atoms with Crippen molar-refractivity contribution in [3.63, 3.8) is 0 Å². The first-order chi connectivity index (χ1) is 16.1. The molecule has 1 saturated heterocycles. The van der Waals surface area contributed by atoms with Gasteiger partial charge in [-0.25, -0.2) is 9.18 Å². The Morgan fingerprint density at radius 3 is 2.45 bits per heavy atom. The lowest BCUT2D eigenvalue weighted by molar-refractivity contribution is 0.0699. The zero-order valence-corrected chi connectivity index (χ0v) is 17.8. The number of carbonyl (C=O) groups is 1. The number of hydrogen-bond acceptors (Lipinski definition) is 5. The minimum atomic E-state index is -1.12. The molecule has 5 rings (SSSR count). The smallest absolute Gasteiger partial charge is 0.340 e. The molecular formula is C26H22FNO5. The molecule has 1 fully saturated rings. The van der Waals surface area contributed by atoms with Crippen molar-refractivity contribution in [2.75, 3.05) is 31.2 Å². The highest BCUT2D eigenvalue weighted by atomic mass is 19.1. The van der Waals surface area contributed by atoms with Gasteiger partial charge in [-0.3, -0.25) is 0 Å². The molecule has 3 aromatic carbocycles. The Hall–Kier alpha value is -3.84. The van der Waals surface area contributed by atoms with Crippen LogP contribution in [0.15, 0.2) is 71.1 Å². The fraction of sp³-hybridized carbons (Fsp3) is 0.192. The van der Waals surface area contributed by atoms with Gasteiger partial charge in [-0.15, -0.1) is 0 Å². The number of nitrogens with zero attached hydrogens (tertiary/aromatic N) is 1. The summed E-state index contributed by atoms with van der Waals surface area (Å²) in [4.78, 5) is 14.4. The highest BCUT2D eigenvalue weighted by molar-refractivity contribution is 6.09. The van der Waals surface area contributed by atoms with E-state index in [9.17, 15) is 14.3 Å². The number of morpholine rings is 1. The van der Waals surface area contributed by atoms with Gasteiger partial charge in [-0.05, 0) is 35.9 Å². The van der Waals surface area contributed by atoms with Crippen LogP contribution in [-0.2, 0) is 11.3 Å². The summed E-state index contributed by atoms with van der Waals surface area (Å²) < 4.78 is 31.1. The van der Waals surface area contributed by atoms with Crippen LogP contribution < -0.4 is 9.64 Å². The van der Waals surface area contributed by atoms with Gasteiger partial charge in [0.1, 0.15) is 35.1 Å². The lowest BCUT2D eigenvalue weighted by atomic mass is 10.0. The molecule has 2 heterocycles. The van der Waals surface area contributed by atoms with Gasteiger partial charge in [-0.2, -0.15) is 0 Å². The lowest BCUT2D eigenvalue weighted by Crippen LogP contribution is -2.36. The highest BCUT2D eigenvalue weighted by Crippen LogP contribution is 2.41. The molecule has 0 spiro atoms. The number of ether oxygens (including phenoxy) is 2. The number of benzene rings is 3. The summed E-state index contributed by atoms with van der Waals surface area (Å²) in [5.41, 5.74) is 2.76.